The molecule has 0 aromatic carbocycles. The highest BCUT2D eigenvalue weighted by Gasteiger charge is 2.20. The molecule has 0 spiro atoms. The lowest BCUT2D eigenvalue weighted by Crippen LogP contribution is -2.28. The van der Waals surface area contributed by atoms with Crippen LogP contribution >= 0.6 is 12.4 Å². The molecule has 3 heteroatoms. The third kappa shape index (κ3) is 1.62. The Morgan fingerprint density at radius 3 is 2.12 bits per heavy atom. The molecule has 1 saturated carbocycles. The summed E-state index contributed by atoms with van der Waals surface area (Å²) in [5, 5.41) is 8.87. The van der Waals surface area contributed by atoms with Gasteiger partial charge in [-0.1, -0.05) is 0 Å². The Morgan fingerprint density at radius 1 is 1.38 bits per heavy atom. The van der Waals surface area contributed by atoms with Gasteiger partial charge >= 0.3 is 0 Å². The van der Waals surface area contributed by atoms with Crippen molar-refractivity contribution < 1.29 is 5.11 Å². The van der Waals surface area contributed by atoms with Gasteiger partial charge in [-0.05, 0) is 19.3 Å². The fourth-order valence-corrected chi connectivity index (χ4v) is 0.969. The maximum Gasteiger partial charge on any atom is 0.0691 e. The van der Waals surface area contributed by atoms with E-state index in [0.29, 0.717) is 0 Å². The fourth-order valence-electron chi connectivity index (χ4n) is 0.969. The molecule has 2 atom stereocenters. The van der Waals surface area contributed by atoms with Crippen molar-refractivity contribution in [3.8, 4) is 0 Å². The normalized spacial score (nSPS) is 36.8. The summed E-state index contributed by atoms with van der Waals surface area (Å²) in [6.45, 7) is 0. The van der Waals surface area contributed by atoms with Gasteiger partial charge in [0, 0.05) is 6.04 Å². The summed E-state index contributed by atoms with van der Waals surface area (Å²) in [4.78, 5) is 0. The molecule has 2 unspecified atom stereocenters. The minimum Gasteiger partial charge on any atom is -0.392 e. The predicted molar refractivity (Wildman–Crippen MR) is 35.1 cm³/mol. The van der Waals surface area contributed by atoms with E-state index in [0.717, 1.165) is 19.3 Å². The minimum absolute atomic E-state index is 0. The van der Waals surface area contributed by atoms with Crippen molar-refractivity contribution in [1.82, 2.24) is 0 Å². The monoisotopic (exact) mass is 137 g/mol. The molecule has 0 amide bonds. The van der Waals surface area contributed by atoms with Gasteiger partial charge in [-0.3, -0.25) is 0 Å². The highest BCUT2D eigenvalue weighted by molar-refractivity contribution is 5.85. The summed E-state index contributed by atoms with van der Waals surface area (Å²) in [6, 6.07) is 0.0694. The van der Waals surface area contributed by atoms with Crippen molar-refractivity contribution >= 4 is 12.4 Å². The molecule has 50 valence electrons. The molecule has 0 heterocycles. The van der Waals surface area contributed by atoms with E-state index in [1.165, 1.54) is 0 Å². The second-order valence-corrected chi connectivity index (χ2v) is 2.16. The molecule has 2 nitrogen and oxygen atoms in total. The number of nitrogens with two attached hydrogens (primary N) is 1. The lowest BCUT2D eigenvalue weighted by Gasteiger charge is -2.04. The SMILES string of the molecule is Cl.NC1CCCC1O. The molecule has 1 rings (SSSR count). The van der Waals surface area contributed by atoms with Crippen LogP contribution in [-0.2, 0) is 0 Å². The van der Waals surface area contributed by atoms with E-state index in [2.05, 4.69) is 0 Å². The average molecular weight is 138 g/mol. The summed E-state index contributed by atoms with van der Waals surface area (Å²) < 4.78 is 0. The Bertz CT molecular complexity index is 61.4. The number of aliphatic hydroxyl groups is 1. The first-order valence-corrected chi connectivity index (χ1v) is 2.74. The van der Waals surface area contributed by atoms with E-state index in [1.54, 1.807) is 0 Å². The van der Waals surface area contributed by atoms with Crippen molar-refractivity contribution in [3.05, 3.63) is 0 Å². The van der Waals surface area contributed by atoms with Crippen LogP contribution in [0.15, 0.2) is 0 Å². The first-order chi connectivity index (χ1) is 3.30. The van der Waals surface area contributed by atoms with E-state index < -0.39 is 0 Å². The van der Waals surface area contributed by atoms with Crippen molar-refractivity contribution in [2.75, 3.05) is 0 Å². The van der Waals surface area contributed by atoms with E-state index in [9.17, 15) is 0 Å². The van der Waals surface area contributed by atoms with Crippen molar-refractivity contribution in [3.63, 3.8) is 0 Å². The molecule has 0 saturated heterocycles. The molecule has 0 aromatic rings. The van der Waals surface area contributed by atoms with Gasteiger partial charge in [-0.15, -0.1) is 12.4 Å². The first kappa shape index (κ1) is 8.21. The van der Waals surface area contributed by atoms with Crippen LogP contribution in [0.5, 0.6) is 0 Å². The van der Waals surface area contributed by atoms with Gasteiger partial charge in [0.1, 0.15) is 0 Å². The van der Waals surface area contributed by atoms with Gasteiger partial charge in [0.05, 0.1) is 6.10 Å². The topological polar surface area (TPSA) is 46.2 Å². The fraction of sp³-hybridized carbons (Fsp3) is 1.00. The van der Waals surface area contributed by atoms with Crippen LogP contribution in [0.1, 0.15) is 19.3 Å². The standard InChI is InChI=1S/C5H11NO.ClH/c6-4-2-1-3-5(4)7;/h4-5,7H,1-3,6H2;1H. The predicted octanol–water partition coefficient (Wildman–Crippen LogP) is 0.280. The van der Waals surface area contributed by atoms with Crippen LogP contribution in [0, 0.1) is 0 Å². The summed E-state index contributed by atoms with van der Waals surface area (Å²) >= 11 is 0. The van der Waals surface area contributed by atoms with E-state index >= 15 is 0 Å². The third-order valence-electron chi connectivity index (χ3n) is 1.53. The van der Waals surface area contributed by atoms with Gasteiger partial charge in [-0.25, -0.2) is 0 Å². The molecule has 0 aliphatic heterocycles. The van der Waals surface area contributed by atoms with E-state index in [1.807, 2.05) is 0 Å². The van der Waals surface area contributed by atoms with Gasteiger partial charge in [-0.2, -0.15) is 0 Å². The molecule has 0 radical (unpaired) electrons. The van der Waals surface area contributed by atoms with Crippen LogP contribution in [0.25, 0.3) is 0 Å². The van der Waals surface area contributed by atoms with Gasteiger partial charge in [0.25, 0.3) is 0 Å². The average Bonchev–Trinajstić information content (AvgIpc) is 1.91. The molecule has 1 fully saturated rings. The Hall–Kier alpha value is 0.210. The second kappa shape index (κ2) is 3.28. The third-order valence-corrected chi connectivity index (χ3v) is 1.53. The number of rotatable bonds is 0. The Balaban J connectivity index is 0.000000490. The van der Waals surface area contributed by atoms with E-state index in [4.69, 9.17) is 10.8 Å². The van der Waals surface area contributed by atoms with Crippen molar-refractivity contribution in [2.45, 2.75) is 31.4 Å². The van der Waals surface area contributed by atoms with Crippen LogP contribution in [-0.4, -0.2) is 17.3 Å². The van der Waals surface area contributed by atoms with Gasteiger partial charge in [0.2, 0.25) is 0 Å². The van der Waals surface area contributed by atoms with Gasteiger partial charge < -0.3 is 10.8 Å². The summed E-state index contributed by atoms with van der Waals surface area (Å²) in [5.41, 5.74) is 5.43. The molecule has 0 aromatic heterocycles. The summed E-state index contributed by atoms with van der Waals surface area (Å²) in [7, 11) is 0. The van der Waals surface area contributed by atoms with Crippen molar-refractivity contribution in [2.24, 2.45) is 5.73 Å². The zero-order valence-corrected chi connectivity index (χ0v) is 5.53. The number of aliphatic hydroxyl groups excluding tert-OH is 1. The van der Waals surface area contributed by atoms with E-state index in [-0.39, 0.29) is 24.6 Å². The Labute approximate surface area is 55.5 Å². The lowest BCUT2D eigenvalue weighted by molar-refractivity contribution is 0.165. The maximum absolute atomic E-state index is 8.87. The number of hydrogen-bond acceptors (Lipinski definition) is 2. The Morgan fingerprint density at radius 2 is 2.00 bits per heavy atom. The van der Waals surface area contributed by atoms with Crippen LogP contribution in [0.3, 0.4) is 0 Å². The van der Waals surface area contributed by atoms with Crippen LogP contribution in [0.4, 0.5) is 0 Å². The molecular weight excluding hydrogens is 126 g/mol. The number of halogens is 1. The van der Waals surface area contributed by atoms with Crippen LogP contribution < -0.4 is 5.73 Å². The highest BCUT2D eigenvalue weighted by atomic mass is 35.5. The smallest absolute Gasteiger partial charge is 0.0691 e. The minimum atomic E-state index is -0.208. The summed E-state index contributed by atoms with van der Waals surface area (Å²) in [5.74, 6) is 0. The largest absolute Gasteiger partial charge is 0.392 e. The van der Waals surface area contributed by atoms with Crippen LogP contribution in [0.2, 0.25) is 0 Å². The lowest BCUT2D eigenvalue weighted by atomic mass is 10.2. The zero-order valence-electron chi connectivity index (χ0n) is 4.71. The zero-order chi connectivity index (χ0) is 5.28. The number of hydrogen-bond donors (Lipinski definition) is 2. The molecule has 1 aliphatic rings. The van der Waals surface area contributed by atoms with Crippen molar-refractivity contribution in [1.29, 1.82) is 0 Å². The molecule has 3 N–H and O–H groups in total. The Kier molecular flexibility index (Phi) is 3.36. The molecule has 1 aliphatic carbocycles. The quantitative estimate of drug-likeness (QED) is 0.504. The van der Waals surface area contributed by atoms with Gasteiger partial charge in [0.15, 0.2) is 0 Å². The molecule has 8 heavy (non-hydrogen) atoms. The summed E-state index contributed by atoms with van der Waals surface area (Å²) in [6.07, 6.45) is 2.80. The second-order valence-electron chi connectivity index (χ2n) is 2.16. The first-order valence-electron chi connectivity index (χ1n) is 2.74. The maximum atomic E-state index is 8.87. The molecule has 0 bridgehead atoms. The molecular formula is C5H12ClNO. The highest BCUT2D eigenvalue weighted by Crippen LogP contribution is 2.15.